The molecule has 2 rings (SSSR count). The molecule has 1 fully saturated rings. The molecule has 1 aliphatic rings. The van der Waals surface area contributed by atoms with Gasteiger partial charge in [-0.15, -0.1) is 0 Å². The van der Waals surface area contributed by atoms with Crippen LogP contribution in [0.15, 0.2) is 11.1 Å². The Morgan fingerprint density at radius 1 is 1.67 bits per heavy atom. The highest BCUT2D eigenvalue weighted by atomic mass is 16.5. The summed E-state index contributed by atoms with van der Waals surface area (Å²) >= 11 is 0. The first kappa shape index (κ1) is 12.9. The van der Waals surface area contributed by atoms with Gasteiger partial charge in [-0.3, -0.25) is 4.79 Å². The zero-order valence-corrected chi connectivity index (χ0v) is 10.7. The first-order valence-electron chi connectivity index (χ1n) is 6.23. The van der Waals surface area contributed by atoms with Crippen LogP contribution in [-0.4, -0.2) is 36.3 Å². The summed E-state index contributed by atoms with van der Waals surface area (Å²) in [5, 5.41) is 3.18. The minimum Gasteiger partial charge on any atom is -0.489 e. The van der Waals surface area contributed by atoms with Crippen LogP contribution in [0.3, 0.4) is 0 Å². The molecule has 1 aromatic heterocycles. The molecule has 2 atom stereocenters. The minimum atomic E-state index is -0.273. The molecule has 2 heterocycles. The van der Waals surface area contributed by atoms with Crippen molar-refractivity contribution in [3.05, 3.63) is 16.7 Å². The van der Waals surface area contributed by atoms with E-state index in [4.69, 9.17) is 9.47 Å². The van der Waals surface area contributed by atoms with Crippen LogP contribution >= 0.6 is 0 Å². The molecular formula is C12H19N3O3. The lowest BCUT2D eigenvalue weighted by atomic mass is 10.00. The standard InChI is InChI=1S/C12H19N3O3/c1-3-9-8(4-5-18-9)6-13-11-10(17-2)12(16)15-7-14-11/h7-9H,3-6H2,1-2H3,(H2,13,14,15,16). The van der Waals surface area contributed by atoms with Crippen molar-refractivity contribution in [2.24, 2.45) is 5.92 Å². The average molecular weight is 253 g/mol. The molecule has 0 radical (unpaired) electrons. The van der Waals surface area contributed by atoms with E-state index < -0.39 is 0 Å². The van der Waals surface area contributed by atoms with Gasteiger partial charge in [-0.05, 0) is 12.8 Å². The molecule has 1 aromatic rings. The second kappa shape index (κ2) is 5.86. The third-order valence-electron chi connectivity index (χ3n) is 3.30. The Morgan fingerprint density at radius 2 is 2.50 bits per heavy atom. The Balaban J connectivity index is 2.02. The molecule has 0 aromatic carbocycles. The highest BCUT2D eigenvalue weighted by Crippen LogP contribution is 2.24. The monoisotopic (exact) mass is 253 g/mol. The number of H-pyrrole nitrogens is 1. The van der Waals surface area contributed by atoms with Gasteiger partial charge >= 0.3 is 0 Å². The van der Waals surface area contributed by atoms with E-state index in [0.29, 0.717) is 17.8 Å². The lowest BCUT2D eigenvalue weighted by Crippen LogP contribution is -2.24. The largest absolute Gasteiger partial charge is 0.489 e. The van der Waals surface area contributed by atoms with E-state index >= 15 is 0 Å². The summed E-state index contributed by atoms with van der Waals surface area (Å²) in [6.45, 7) is 3.67. The van der Waals surface area contributed by atoms with Gasteiger partial charge in [0, 0.05) is 19.1 Å². The quantitative estimate of drug-likeness (QED) is 0.819. The molecule has 100 valence electrons. The van der Waals surface area contributed by atoms with Gasteiger partial charge < -0.3 is 19.8 Å². The van der Waals surface area contributed by atoms with Crippen LogP contribution in [0.4, 0.5) is 5.82 Å². The summed E-state index contributed by atoms with van der Waals surface area (Å²) in [7, 11) is 1.46. The highest BCUT2D eigenvalue weighted by Gasteiger charge is 2.26. The Kier molecular flexibility index (Phi) is 4.19. The fourth-order valence-electron chi connectivity index (χ4n) is 2.31. The van der Waals surface area contributed by atoms with Gasteiger partial charge in [0.1, 0.15) is 0 Å². The van der Waals surface area contributed by atoms with Crippen molar-refractivity contribution in [2.45, 2.75) is 25.9 Å². The highest BCUT2D eigenvalue weighted by molar-refractivity contribution is 5.47. The molecule has 2 N–H and O–H groups in total. The second-order valence-corrected chi connectivity index (χ2v) is 4.36. The third-order valence-corrected chi connectivity index (χ3v) is 3.30. The Morgan fingerprint density at radius 3 is 3.22 bits per heavy atom. The lowest BCUT2D eigenvalue weighted by Gasteiger charge is -2.18. The summed E-state index contributed by atoms with van der Waals surface area (Å²) in [4.78, 5) is 18.1. The average Bonchev–Trinajstić information content (AvgIpc) is 2.83. The smallest absolute Gasteiger partial charge is 0.295 e. The van der Waals surface area contributed by atoms with Gasteiger partial charge in [0.2, 0.25) is 5.75 Å². The van der Waals surface area contributed by atoms with E-state index in [1.807, 2.05) is 0 Å². The van der Waals surface area contributed by atoms with Crippen LogP contribution in [0.2, 0.25) is 0 Å². The minimum absolute atomic E-state index is 0.226. The fraction of sp³-hybridized carbons (Fsp3) is 0.667. The molecule has 2 unspecified atom stereocenters. The summed E-state index contributed by atoms with van der Waals surface area (Å²) in [6.07, 6.45) is 3.71. The molecule has 1 saturated heterocycles. The van der Waals surface area contributed by atoms with E-state index in [1.54, 1.807) is 0 Å². The van der Waals surface area contributed by atoms with Crippen LogP contribution in [0.5, 0.6) is 5.75 Å². The number of ether oxygens (including phenoxy) is 2. The molecule has 0 bridgehead atoms. The van der Waals surface area contributed by atoms with E-state index in [1.165, 1.54) is 13.4 Å². The first-order chi connectivity index (χ1) is 8.76. The van der Waals surface area contributed by atoms with Crippen molar-refractivity contribution in [3.63, 3.8) is 0 Å². The summed E-state index contributed by atoms with van der Waals surface area (Å²) in [5.41, 5.74) is -0.273. The van der Waals surface area contributed by atoms with Crippen molar-refractivity contribution >= 4 is 5.82 Å². The van der Waals surface area contributed by atoms with Gasteiger partial charge in [0.25, 0.3) is 5.56 Å². The van der Waals surface area contributed by atoms with Crippen molar-refractivity contribution in [3.8, 4) is 5.75 Å². The molecule has 0 saturated carbocycles. The second-order valence-electron chi connectivity index (χ2n) is 4.36. The predicted molar refractivity (Wildman–Crippen MR) is 68.0 cm³/mol. The SMILES string of the molecule is CCC1OCCC1CNc1nc[nH]c(=O)c1OC. The van der Waals surface area contributed by atoms with Gasteiger partial charge in [0.15, 0.2) is 5.82 Å². The summed E-state index contributed by atoms with van der Waals surface area (Å²) < 4.78 is 10.7. The van der Waals surface area contributed by atoms with Crippen LogP contribution in [0, 0.1) is 5.92 Å². The fourth-order valence-corrected chi connectivity index (χ4v) is 2.31. The number of hydrogen-bond donors (Lipinski definition) is 2. The van der Waals surface area contributed by atoms with Crippen molar-refractivity contribution in [2.75, 3.05) is 25.6 Å². The molecule has 6 nitrogen and oxygen atoms in total. The maximum atomic E-state index is 11.5. The molecule has 0 spiro atoms. The number of nitrogens with zero attached hydrogens (tertiary/aromatic N) is 1. The van der Waals surface area contributed by atoms with Gasteiger partial charge in [0.05, 0.1) is 19.5 Å². The lowest BCUT2D eigenvalue weighted by molar-refractivity contribution is 0.0900. The Hall–Kier alpha value is -1.56. The molecule has 6 heteroatoms. The van der Waals surface area contributed by atoms with Crippen LogP contribution in [-0.2, 0) is 4.74 Å². The Labute approximate surface area is 106 Å². The number of nitrogens with one attached hydrogen (secondary N) is 2. The molecular weight excluding hydrogens is 234 g/mol. The van der Waals surface area contributed by atoms with E-state index in [2.05, 4.69) is 22.2 Å². The predicted octanol–water partition coefficient (Wildman–Crippen LogP) is 1.01. The van der Waals surface area contributed by atoms with Gasteiger partial charge in [-0.2, -0.15) is 0 Å². The van der Waals surface area contributed by atoms with Crippen LogP contribution in [0.1, 0.15) is 19.8 Å². The molecule has 1 aliphatic heterocycles. The zero-order chi connectivity index (χ0) is 13.0. The summed E-state index contributed by atoms with van der Waals surface area (Å²) in [5.74, 6) is 1.17. The van der Waals surface area contributed by atoms with Crippen molar-refractivity contribution in [1.82, 2.24) is 9.97 Å². The Bertz CT molecular complexity index is 446. The number of rotatable bonds is 5. The molecule has 18 heavy (non-hydrogen) atoms. The van der Waals surface area contributed by atoms with Crippen molar-refractivity contribution in [1.29, 1.82) is 0 Å². The van der Waals surface area contributed by atoms with E-state index in [9.17, 15) is 4.79 Å². The maximum absolute atomic E-state index is 11.5. The van der Waals surface area contributed by atoms with E-state index in [-0.39, 0.29) is 11.3 Å². The number of aromatic amines is 1. The van der Waals surface area contributed by atoms with Gasteiger partial charge in [-0.25, -0.2) is 4.98 Å². The molecule has 0 aliphatic carbocycles. The number of aromatic nitrogens is 2. The summed E-state index contributed by atoms with van der Waals surface area (Å²) in [6, 6.07) is 0. The first-order valence-corrected chi connectivity index (χ1v) is 6.23. The number of anilines is 1. The van der Waals surface area contributed by atoms with Crippen molar-refractivity contribution < 1.29 is 9.47 Å². The third kappa shape index (κ3) is 2.64. The normalized spacial score (nSPS) is 23.0. The van der Waals surface area contributed by atoms with Gasteiger partial charge in [-0.1, -0.05) is 6.92 Å². The number of hydrogen-bond acceptors (Lipinski definition) is 5. The van der Waals surface area contributed by atoms with Crippen LogP contribution in [0.25, 0.3) is 0 Å². The number of methoxy groups -OCH3 is 1. The van der Waals surface area contributed by atoms with E-state index in [0.717, 1.165) is 26.0 Å². The van der Waals surface area contributed by atoms with Crippen LogP contribution < -0.4 is 15.6 Å². The topological polar surface area (TPSA) is 76.2 Å². The maximum Gasteiger partial charge on any atom is 0.295 e. The molecule has 0 amide bonds. The zero-order valence-electron chi connectivity index (χ0n) is 10.7.